The molecule has 0 aromatic carbocycles. The molecule has 6 heteroatoms. The van der Waals surface area contributed by atoms with Gasteiger partial charge in [-0.05, 0) is 44.9 Å². The lowest BCUT2D eigenvalue weighted by Gasteiger charge is -2.35. The van der Waals surface area contributed by atoms with Gasteiger partial charge in [-0.3, -0.25) is 14.5 Å². The molecule has 1 aliphatic carbocycles. The normalized spacial score (nSPS) is 30.3. The van der Waals surface area contributed by atoms with Gasteiger partial charge >= 0.3 is 6.03 Å². The highest BCUT2D eigenvalue weighted by Crippen LogP contribution is 2.28. The van der Waals surface area contributed by atoms with Crippen molar-refractivity contribution in [3.8, 4) is 0 Å². The highest BCUT2D eigenvalue weighted by atomic mass is 16.2. The average molecular weight is 323 g/mol. The Balaban J connectivity index is 1.77. The summed E-state index contributed by atoms with van der Waals surface area (Å²) in [6, 6.07) is -0.123. The SMILES string of the molecule is CC1CCCC(C)C1NC(=O)CCCN1C(=O)NC(C)(C)C1=O. The van der Waals surface area contributed by atoms with Crippen molar-refractivity contribution in [2.45, 2.75) is 71.4 Å². The fourth-order valence-corrected chi connectivity index (χ4v) is 3.64. The largest absolute Gasteiger partial charge is 0.353 e. The molecule has 23 heavy (non-hydrogen) atoms. The smallest absolute Gasteiger partial charge is 0.325 e. The van der Waals surface area contributed by atoms with Crippen molar-refractivity contribution in [3.05, 3.63) is 0 Å². The van der Waals surface area contributed by atoms with E-state index in [-0.39, 0.29) is 30.4 Å². The van der Waals surface area contributed by atoms with Crippen LogP contribution in [0, 0.1) is 11.8 Å². The summed E-state index contributed by atoms with van der Waals surface area (Å²) < 4.78 is 0. The van der Waals surface area contributed by atoms with E-state index in [2.05, 4.69) is 24.5 Å². The van der Waals surface area contributed by atoms with E-state index in [1.165, 1.54) is 11.3 Å². The van der Waals surface area contributed by atoms with Crippen molar-refractivity contribution < 1.29 is 14.4 Å². The van der Waals surface area contributed by atoms with Gasteiger partial charge in [-0.25, -0.2) is 4.79 Å². The number of urea groups is 1. The van der Waals surface area contributed by atoms with Crippen LogP contribution in [0.2, 0.25) is 0 Å². The standard InChI is InChI=1S/C17H29N3O3/c1-11-7-5-8-12(2)14(11)18-13(21)9-6-10-20-15(22)17(3,4)19-16(20)23/h11-12,14H,5-10H2,1-4H3,(H,18,21)(H,19,23). The minimum atomic E-state index is -0.841. The first-order chi connectivity index (χ1) is 10.7. The van der Waals surface area contributed by atoms with Crippen molar-refractivity contribution in [3.63, 3.8) is 0 Å². The van der Waals surface area contributed by atoms with Crippen LogP contribution in [-0.2, 0) is 9.59 Å². The third kappa shape index (κ3) is 4.03. The first-order valence-electron chi connectivity index (χ1n) is 8.66. The fraction of sp³-hybridized carbons (Fsp3) is 0.824. The summed E-state index contributed by atoms with van der Waals surface area (Å²) in [6.07, 6.45) is 4.39. The quantitative estimate of drug-likeness (QED) is 0.760. The Kier molecular flexibility index (Phi) is 5.32. The van der Waals surface area contributed by atoms with Gasteiger partial charge in [-0.15, -0.1) is 0 Å². The number of carbonyl (C=O) groups is 3. The first kappa shape index (κ1) is 17.8. The van der Waals surface area contributed by atoms with Crippen molar-refractivity contribution >= 4 is 17.8 Å². The Hall–Kier alpha value is -1.59. The second kappa shape index (κ2) is 6.89. The molecular weight excluding hydrogens is 294 g/mol. The highest BCUT2D eigenvalue weighted by Gasteiger charge is 2.43. The van der Waals surface area contributed by atoms with Crippen LogP contribution in [0.4, 0.5) is 4.79 Å². The number of hydrogen-bond donors (Lipinski definition) is 2. The van der Waals surface area contributed by atoms with Crippen LogP contribution in [0.5, 0.6) is 0 Å². The Morgan fingerprint density at radius 2 is 1.87 bits per heavy atom. The molecule has 1 heterocycles. The van der Waals surface area contributed by atoms with E-state index in [1.54, 1.807) is 13.8 Å². The Labute approximate surface area is 138 Å². The van der Waals surface area contributed by atoms with Crippen molar-refractivity contribution in [2.24, 2.45) is 11.8 Å². The zero-order chi connectivity index (χ0) is 17.2. The molecule has 0 spiro atoms. The molecule has 2 atom stereocenters. The van der Waals surface area contributed by atoms with Gasteiger partial charge in [0, 0.05) is 19.0 Å². The van der Waals surface area contributed by atoms with Crippen LogP contribution in [0.3, 0.4) is 0 Å². The number of hydrogen-bond acceptors (Lipinski definition) is 3. The van der Waals surface area contributed by atoms with Crippen LogP contribution in [-0.4, -0.2) is 40.9 Å². The van der Waals surface area contributed by atoms with Crippen LogP contribution < -0.4 is 10.6 Å². The zero-order valence-corrected chi connectivity index (χ0v) is 14.6. The molecule has 1 aliphatic heterocycles. The van der Waals surface area contributed by atoms with Gasteiger partial charge in [0.2, 0.25) is 5.91 Å². The van der Waals surface area contributed by atoms with Gasteiger partial charge < -0.3 is 10.6 Å². The van der Waals surface area contributed by atoms with E-state index in [9.17, 15) is 14.4 Å². The van der Waals surface area contributed by atoms with Gasteiger partial charge in [0.25, 0.3) is 5.91 Å². The molecule has 2 rings (SSSR count). The minimum absolute atomic E-state index is 0.0157. The van der Waals surface area contributed by atoms with E-state index >= 15 is 0 Å². The number of imide groups is 1. The third-order valence-electron chi connectivity index (χ3n) is 5.10. The van der Waals surface area contributed by atoms with Gasteiger partial charge in [0.15, 0.2) is 0 Å². The summed E-state index contributed by atoms with van der Waals surface area (Å²) in [6.45, 7) is 8.04. The molecule has 0 aromatic rings. The number of amides is 4. The maximum Gasteiger partial charge on any atom is 0.325 e. The fourth-order valence-electron chi connectivity index (χ4n) is 3.64. The summed E-state index contributed by atoms with van der Waals surface area (Å²) in [7, 11) is 0. The Morgan fingerprint density at radius 1 is 1.26 bits per heavy atom. The van der Waals surface area contributed by atoms with Crippen molar-refractivity contribution in [1.82, 2.24) is 15.5 Å². The number of carbonyl (C=O) groups excluding carboxylic acids is 3. The molecule has 6 nitrogen and oxygen atoms in total. The molecule has 0 bridgehead atoms. The molecule has 2 N–H and O–H groups in total. The Bertz CT molecular complexity index is 479. The molecule has 1 saturated heterocycles. The lowest BCUT2D eigenvalue weighted by Crippen LogP contribution is -2.46. The lowest BCUT2D eigenvalue weighted by molar-refractivity contribution is -0.130. The molecule has 2 unspecified atom stereocenters. The van der Waals surface area contributed by atoms with E-state index in [0.29, 0.717) is 24.7 Å². The second-order valence-electron chi connectivity index (χ2n) is 7.59. The van der Waals surface area contributed by atoms with Gasteiger partial charge in [0.05, 0.1) is 0 Å². The van der Waals surface area contributed by atoms with E-state index < -0.39 is 5.54 Å². The van der Waals surface area contributed by atoms with E-state index in [1.807, 2.05) is 0 Å². The molecule has 130 valence electrons. The zero-order valence-electron chi connectivity index (χ0n) is 14.6. The van der Waals surface area contributed by atoms with E-state index in [4.69, 9.17) is 0 Å². The lowest BCUT2D eigenvalue weighted by atomic mass is 9.78. The molecule has 0 aromatic heterocycles. The van der Waals surface area contributed by atoms with Crippen LogP contribution in [0.15, 0.2) is 0 Å². The van der Waals surface area contributed by atoms with Crippen LogP contribution >= 0.6 is 0 Å². The van der Waals surface area contributed by atoms with Crippen LogP contribution in [0.1, 0.15) is 59.8 Å². The van der Waals surface area contributed by atoms with Crippen LogP contribution in [0.25, 0.3) is 0 Å². The summed E-state index contributed by atoms with van der Waals surface area (Å²) in [5, 5.41) is 5.78. The summed E-state index contributed by atoms with van der Waals surface area (Å²) >= 11 is 0. The van der Waals surface area contributed by atoms with E-state index in [0.717, 1.165) is 12.8 Å². The molecule has 1 saturated carbocycles. The van der Waals surface area contributed by atoms with Gasteiger partial charge in [0.1, 0.15) is 5.54 Å². The first-order valence-corrected chi connectivity index (χ1v) is 8.66. The predicted octanol–water partition coefficient (Wildman–Crippen LogP) is 2.04. The number of rotatable bonds is 5. The van der Waals surface area contributed by atoms with Crippen molar-refractivity contribution in [1.29, 1.82) is 0 Å². The molecule has 2 aliphatic rings. The third-order valence-corrected chi connectivity index (χ3v) is 5.10. The summed E-state index contributed by atoms with van der Waals surface area (Å²) in [4.78, 5) is 37.2. The maximum atomic E-state index is 12.2. The summed E-state index contributed by atoms with van der Waals surface area (Å²) in [5.41, 5.74) is -0.841. The number of nitrogens with one attached hydrogen (secondary N) is 2. The average Bonchev–Trinajstić information content (AvgIpc) is 2.65. The highest BCUT2D eigenvalue weighted by molar-refractivity contribution is 6.06. The Morgan fingerprint density at radius 3 is 2.39 bits per heavy atom. The predicted molar refractivity (Wildman–Crippen MR) is 87.7 cm³/mol. The molecule has 0 radical (unpaired) electrons. The van der Waals surface area contributed by atoms with Gasteiger partial charge in [-0.2, -0.15) is 0 Å². The van der Waals surface area contributed by atoms with Crippen molar-refractivity contribution in [2.75, 3.05) is 6.54 Å². The topological polar surface area (TPSA) is 78.5 Å². The van der Waals surface area contributed by atoms with Gasteiger partial charge in [-0.1, -0.05) is 20.3 Å². The molecular formula is C17H29N3O3. The maximum absolute atomic E-state index is 12.2. The summed E-state index contributed by atoms with van der Waals surface area (Å²) in [5.74, 6) is 0.809. The molecule has 4 amide bonds. The second-order valence-corrected chi connectivity index (χ2v) is 7.59. The number of nitrogens with zero attached hydrogens (tertiary/aromatic N) is 1. The molecule has 2 fully saturated rings. The minimum Gasteiger partial charge on any atom is -0.353 e. The monoisotopic (exact) mass is 323 g/mol.